The molecular formula is C32H38N2O11. The second kappa shape index (κ2) is 16.8. The molecule has 4 rings (SSSR count). The molecule has 242 valence electrons. The predicted molar refractivity (Wildman–Crippen MR) is 159 cm³/mol. The van der Waals surface area contributed by atoms with Crippen LogP contribution in [0.25, 0.3) is 11.1 Å². The minimum absolute atomic E-state index is 0.0459. The number of nitrogens with zero attached hydrogens (tertiary/aromatic N) is 1. The molecular weight excluding hydrogens is 588 g/mol. The standard InChI is InChI=1S/C32H38N2O11/c1-40-14-16-42-12-3-4-28(35)21-5-7-23-24-8-6-22(31(38)33-11-13-43-17-15-41-2)19-26(24)27(25(23)18-21)20-44-32(39)45-34-29(36)9-10-30(34)37/h5-8,18-19,27H,3-4,9-17,20H2,1-2H3,(H,33,38). The SMILES string of the molecule is COCCOCCCC(=O)c1ccc2c(c1)C(COC(=O)ON1C(=O)CCC1=O)c1cc(C(=O)NCCOCCOC)ccc1-2. The molecule has 1 heterocycles. The number of carbonyl (C=O) groups is 5. The number of rotatable bonds is 18. The summed E-state index contributed by atoms with van der Waals surface area (Å²) in [7, 11) is 3.17. The van der Waals surface area contributed by atoms with Gasteiger partial charge in [0.15, 0.2) is 5.78 Å². The molecule has 1 aliphatic heterocycles. The summed E-state index contributed by atoms with van der Waals surface area (Å²) in [6, 6.07) is 10.6. The fourth-order valence-electron chi connectivity index (χ4n) is 5.07. The molecule has 2 aliphatic rings. The highest BCUT2D eigenvalue weighted by Crippen LogP contribution is 2.46. The van der Waals surface area contributed by atoms with E-state index < -0.39 is 23.9 Å². The van der Waals surface area contributed by atoms with Crippen LogP contribution < -0.4 is 5.32 Å². The molecule has 0 radical (unpaired) electrons. The molecule has 2 aromatic carbocycles. The van der Waals surface area contributed by atoms with Crippen LogP contribution in [0.15, 0.2) is 36.4 Å². The zero-order valence-corrected chi connectivity index (χ0v) is 25.5. The summed E-state index contributed by atoms with van der Waals surface area (Å²) in [5.74, 6) is -2.18. The Labute approximate surface area is 261 Å². The number of fused-ring (bicyclic) bond motifs is 3. The Balaban J connectivity index is 1.49. The Morgan fingerprint density at radius 1 is 0.800 bits per heavy atom. The molecule has 1 saturated heterocycles. The van der Waals surface area contributed by atoms with Gasteiger partial charge in [-0.15, -0.1) is 0 Å². The topological polar surface area (TPSA) is 156 Å². The van der Waals surface area contributed by atoms with Gasteiger partial charge in [-0.3, -0.25) is 24.0 Å². The molecule has 3 amide bonds. The molecule has 2 aromatic rings. The zero-order chi connectivity index (χ0) is 32.2. The van der Waals surface area contributed by atoms with Gasteiger partial charge in [-0.05, 0) is 46.9 Å². The van der Waals surface area contributed by atoms with E-state index in [1.54, 1.807) is 38.5 Å². The van der Waals surface area contributed by atoms with E-state index in [9.17, 15) is 24.0 Å². The molecule has 0 aromatic heterocycles. The fraction of sp³-hybridized carbons (Fsp3) is 0.469. The van der Waals surface area contributed by atoms with Crippen molar-refractivity contribution in [1.29, 1.82) is 0 Å². The van der Waals surface area contributed by atoms with Crippen LogP contribution in [0.4, 0.5) is 4.79 Å². The predicted octanol–water partition coefficient (Wildman–Crippen LogP) is 3.03. The quantitative estimate of drug-likeness (QED) is 0.112. The normalized spacial score (nSPS) is 15.2. The van der Waals surface area contributed by atoms with Crippen LogP contribution in [0.5, 0.6) is 0 Å². The first-order valence-electron chi connectivity index (χ1n) is 14.8. The number of carbonyl (C=O) groups excluding carboxylic acids is 5. The number of hydrogen-bond donors (Lipinski definition) is 1. The molecule has 0 bridgehead atoms. The van der Waals surface area contributed by atoms with Crippen molar-refractivity contribution in [2.75, 3.05) is 67.0 Å². The second-order valence-corrected chi connectivity index (χ2v) is 10.4. The third-order valence-corrected chi connectivity index (χ3v) is 7.36. The van der Waals surface area contributed by atoms with Crippen LogP contribution >= 0.6 is 0 Å². The van der Waals surface area contributed by atoms with Crippen molar-refractivity contribution in [2.45, 2.75) is 31.6 Å². The average Bonchev–Trinajstić information content (AvgIpc) is 3.53. The van der Waals surface area contributed by atoms with Gasteiger partial charge in [-0.25, -0.2) is 4.79 Å². The number of hydrogen-bond acceptors (Lipinski definition) is 11. The van der Waals surface area contributed by atoms with E-state index in [4.69, 9.17) is 28.5 Å². The van der Waals surface area contributed by atoms with Crippen molar-refractivity contribution in [3.63, 3.8) is 0 Å². The summed E-state index contributed by atoms with van der Waals surface area (Å²) in [5.41, 5.74) is 3.98. The highest BCUT2D eigenvalue weighted by molar-refractivity contribution is 6.01. The number of ether oxygens (including phenoxy) is 5. The molecule has 13 nitrogen and oxygen atoms in total. The number of ketones is 1. The maximum absolute atomic E-state index is 13.0. The van der Waals surface area contributed by atoms with Crippen LogP contribution in [0.3, 0.4) is 0 Å². The van der Waals surface area contributed by atoms with Gasteiger partial charge in [-0.2, -0.15) is 0 Å². The number of amides is 3. The van der Waals surface area contributed by atoms with Crippen molar-refractivity contribution in [3.8, 4) is 11.1 Å². The first-order chi connectivity index (χ1) is 21.8. The summed E-state index contributed by atoms with van der Waals surface area (Å²) in [5, 5.41) is 3.23. The first kappa shape index (κ1) is 33.7. The Morgan fingerprint density at radius 3 is 2.04 bits per heavy atom. The third-order valence-electron chi connectivity index (χ3n) is 7.36. The van der Waals surface area contributed by atoms with Crippen molar-refractivity contribution in [3.05, 3.63) is 58.7 Å². The van der Waals surface area contributed by atoms with Gasteiger partial charge >= 0.3 is 6.16 Å². The summed E-state index contributed by atoms with van der Waals surface area (Å²) in [6.45, 7) is 2.63. The summed E-state index contributed by atoms with van der Waals surface area (Å²) in [4.78, 5) is 67.1. The van der Waals surface area contributed by atoms with E-state index >= 15 is 0 Å². The number of benzene rings is 2. The van der Waals surface area contributed by atoms with Gasteiger partial charge in [0.05, 0.1) is 33.0 Å². The smallest absolute Gasteiger partial charge is 0.432 e. The van der Waals surface area contributed by atoms with Crippen LogP contribution in [0.2, 0.25) is 0 Å². The molecule has 1 N–H and O–H groups in total. The number of imide groups is 1. The van der Waals surface area contributed by atoms with Crippen molar-refractivity contribution in [1.82, 2.24) is 10.4 Å². The van der Waals surface area contributed by atoms with Gasteiger partial charge in [0.2, 0.25) is 0 Å². The molecule has 1 atom stereocenters. The van der Waals surface area contributed by atoms with Gasteiger partial charge in [0.1, 0.15) is 6.61 Å². The van der Waals surface area contributed by atoms with Crippen molar-refractivity contribution in [2.24, 2.45) is 0 Å². The van der Waals surface area contributed by atoms with E-state index in [0.29, 0.717) is 74.4 Å². The lowest BCUT2D eigenvalue weighted by Crippen LogP contribution is -2.32. The summed E-state index contributed by atoms with van der Waals surface area (Å²) >= 11 is 0. The average molecular weight is 627 g/mol. The molecule has 1 fully saturated rings. The maximum Gasteiger partial charge on any atom is 0.533 e. The zero-order valence-electron chi connectivity index (χ0n) is 25.5. The van der Waals surface area contributed by atoms with E-state index in [-0.39, 0.29) is 37.6 Å². The molecule has 13 heteroatoms. The van der Waals surface area contributed by atoms with Crippen LogP contribution in [-0.2, 0) is 38.1 Å². The first-order valence-corrected chi connectivity index (χ1v) is 14.8. The molecule has 45 heavy (non-hydrogen) atoms. The van der Waals surface area contributed by atoms with E-state index in [1.807, 2.05) is 12.1 Å². The Hall–Kier alpha value is -4.17. The second-order valence-electron chi connectivity index (χ2n) is 10.4. The molecule has 0 spiro atoms. The summed E-state index contributed by atoms with van der Waals surface area (Å²) < 4.78 is 26.1. The number of methoxy groups -OCH3 is 2. The minimum atomic E-state index is -1.21. The number of hydroxylamine groups is 2. The van der Waals surface area contributed by atoms with Gasteiger partial charge in [-0.1, -0.05) is 23.3 Å². The van der Waals surface area contributed by atoms with Crippen molar-refractivity contribution >= 4 is 29.7 Å². The lowest BCUT2D eigenvalue weighted by Gasteiger charge is -2.17. The maximum atomic E-state index is 13.0. The summed E-state index contributed by atoms with van der Waals surface area (Å²) in [6.07, 6.45) is -0.478. The molecule has 0 saturated carbocycles. The largest absolute Gasteiger partial charge is 0.533 e. The van der Waals surface area contributed by atoms with E-state index in [2.05, 4.69) is 5.32 Å². The molecule has 1 aliphatic carbocycles. The van der Waals surface area contributed by atoms with Crippen LogP contribution in [-0.4, -0.2) is 102 Å². The fourth-order valence-corrected chi connectivity index (χ4v) is 5.07. The third kappa shape index (κ3) is 8.94. The van der Waals surface area contributed by atoms with E-state index in [0.717, 1.165) is 16.7 Å². The lowest BCUT2D eigenvalue weighted by molar-refractivity contribution is -0.177. The van der Waals surface area contributed by atoms with Crippen LogP contribution in [0, 0.1) is 0 Å². The Bertz CT molecular complexity index is 1300. The van der Waals surface area contributed by atoms with Gasteiger partial charge < -0.3 is 29.0 Å². The monoisotopic (exact) mass is 626 g/mol. The lowest BCUT2D eigenvalue weighted by atomic mass is 9.94. The Morgan fingerprint density at radius 2 is 1.40 bits per heavy atom. The van der Waals surface area contributed by atoms with Gasteiger partial charge in [0, 0.05) is 63.7 Å². The Kier molecular flexibility index (Phi) is 12.6. The number of nitrogens with one attached hydrogen (secondary N) is 1. The van der Waals surface area contributed by atoms with Gasteiger partial charge in [0.25, 0.3) is 17.7 Å². The van der Waals surface area contributed by atoms with E-state index in [1.165, 1.54) is 0 Å². The highest BCUT2D eigenvalue weighted by Gasteiger charge is 2.35. The number of Topliss-reactive ketones (excluding diaryl/α,β-unsaturated/α-hetero) is 1. The van der Waals surface area contributed by atoms with Crippen LogP contribution in [0.1, 0.15) is 63.4 Å². The molecule has 1 unspecified atom stereocenters. The highest BCUT2D eigenvalue weighted by atomic mass is 16.8. The minimum Gasteiger partial charge on any atom is -0.432 e. The van der Waals surface area contributed by atoms with Crippen molar-refractivity contribution < 1.29 is 52.5 Å².